The predicted molar refractivity (Wildman–Crippen MR) is 323 cm³/mol. The van der Waals surface area contributed by atoms with E-state index >= 15 is 0 Å². The fourth-order valence-electron chi connectivity index (χ4n) is 9.08. The maximum absolute atomic E-state index is 10.3. The predicted octanol–water partition coefficient (Wildman–Crippen LogP) is 15.9. The van der Waals surface area contributed by atoms with Gasteiger partial charge in [0.15, 0.2) is 11.4 Å². The van der Waals surface area contributed by atoms with E-state index in [-0.39, 0.29) is 56.3 Å². The number of halogens is 1. The van der Waals surface area contributed by atoms with Crippen LogP contribution in [-0.4, -0.2) is 70.1 Å². The van der Waals surface area contributed by atoms with Crippen LogP contribution in [0.1, 0.15) is 114 Å². The first-order valence-electron chi connectivity index (χ1n) is 26.9. The fourth-order valence-corrected chi connectivity index (χ4v) is 9.21. The second-order valence-electron chi connectivity index (χ2n) is 21.6. The Kier molecular flexibility index (Phi) is 20.8. The maximum atomic E-state index is 10.3. The van der Waals surface area contributed by atoms with Crippen LogP contribution in [0.2, 0.25) is 5.02 Å². The van der Waals surface area contributed by atoms with Crippen molar-refractivity contribution in [2.45, 2.75) is 104 Å². The van der Waals surface area contributed by atoms with Crippen LogP contribution in [-0.2, 0) is 60.0 Å². The Morgan fingerprint density at radius 2 is 1.04 bits per heavy atom. The number of fused-ring (bicyclic) bond motifs is 1. The van der Waals surface area contributed by atoms with E-state index in [0.717, 1.165) is 52.4 Å². The van der Waals surface area contributed by atoms with Crippen LogP contribution in [0.3, 0.4) is 0 Å². The van der Waals surface area contributed by atoms with Gasteiger partial charge >= 0.3 is 0 Å². The van der Waals surface area contributed by atoms with Gasteiger partial charge in [-0.15, -0.1) is 20.5 Å². The summed E-state index contributed by atoms with van der Waals surface area (Å²) < 4.78 is 5.10. The van der Waals surface area contributed by atoms with Crippen LogP contribution < -0.4 is 5.01 Å². The fraction of sp³-hybridized carbons (Fsp3) is 0.312. The van der Waals surface area contributed by atoms with Crippen molar-refractivity contribution in [3.63, 3.8) is 0 Å². The van der Waals surface area contributed by atoms with E-state index in [1.54, 1.807) is 26.2 Å². The Labute approximate surface area is 492 Å². The van der Waals surface area contributed by atoms with Crippen molar-refractivity contribution in [3.8, 4) is 23.3 Å². The quantitative estimate of drug-likeness (QED) is 0.0321. The largest absolute Gasteiger partial charge is 0.506 e. The van der Waals surface area contributed by atoms with Crippen LogP contribution in [0.15, 0.2) is 171 Å². The topological polar surface area (TPSA) is 185 Å². The first-order chi connectivity index (χ1) is 38.1. The summed E-state index contributed by atoms with van der Waals surface area (Å²) in [5.41, 5.74) is 11.6. The number of hydrogen-bond donors (Lipinski definition) is 4. The zero-order chi connectivity index (χ0) is 57.9. The van der Waals surface area contributed by atoms with Gasteiger partial charge in [0.1, 0.15) is 35.6 Å². The molecule has 0 atom stereocenters. The van der Waals surface area contributed by atoms with Crippen molar-refractivity contribution in [1.29, 1.82) is 0 Å². The van der Waals surface area contributed by atoms with E-state index in [1.807, 2.05) is 127 Å². The van der Waals surface area contributed by atoms with E-state index in [2.05, 4.69) is 127 Å². The normalized spacial score (nSPS) is 13.0. The molecule has 17 heteroatoms. The Hall–Kier alpha value is -7.92. The van der Waals surface area contributed by atoms with Crippen molar-refractivity contribution in [2.75, 3.05) is 18.6 Å². The number of nitrogens with zero attached hydrogens (tertiary/aromatic N) is 11. The van der Waals surface area contributed by atoms with Gasteiger partial charge in [-0.1, -0.05) is 144 Å². The van der Waals surface area contributed by atoms with Crippen molar-refractivity contribution >= 4 is 57.7 Å². The molecule has 0 spiro atoms. The standard InChI is InChI=1S/2C22H26N4O2.C20H23ClN3.Co/c2*1-5-22(2,3)16-11-12-19(27)17(14-16)23-24-20-18(25-26(4)21(20)28)13-15-9-7-6-8-10-15;1-5-24-18-9-7-6-8-17(18)20(2,3)19(24)14-22-23(4)16-12-10-15(21)11-13-16;/h2*6-12,14,27-28H,5,13H2,1-4H3;6-14H,5H2,1-4H3;/q;;+1;. The molecule has 9 rings (SSSR count). The van der Waals surface area contributed by atoms with Crippen LogP contribution in [0.5, 0.6) is 23.3 Å². The van der Waals surface area contributed by atoms with E-state index in [0.29, 0.717) is 47.0 Å². The second-order valence-corrected chi connectivity index (χ2v) is 22.0. The Morgan fingerprint density at radius 3 is 1.47 bits per heavy atom. The number of hydrazone groups is 1. The molecule has 6 aromatic carbocycles. The summed E-state index contributed by atoms with van der Waals surface area (Å²) in [4.78, 5) is 0. The summed E-state index contributed by atoms with van der Waals surface area (Å²) in [6.45, 7) is 20.4. The third-order valence-corrected chi connectivity index (χ3v) is 15.3. The molecule has 8 aromatic rings. The molecule has 0 fully saturated rings. The molecule has 0 saturated heterocycles. The van der Waals surface area contributed by atoms with E-state index in [9.17, 15) is 20.4 Å². The van der Waals surface area contributed by atoms with Gasteiger partial charge in [-0.3, -0.25) is 5.01 Å². The number of azo groups is 2. The van der Waals surface area contributed by atoms with Crippen LogP contribution in [0.4, 0.5) is 34.1 Å². The van der Waals surface area contributed by atoms with Gasteiger partial charge in [-0.05, 0) is 115 Å². The number of phenolic OH excluding ortho intramolecular Hbond substituents is 2. The van der Waals surface area contributed by atoms with E-state index < -0.39 is 0 Å². The summed E-state index contributed by atoms with van der Waals surface area (Å²) in [5.74, 6) is -0.0155. The van der Waals surface area contributed by atoms with Crippen LogP contribution in [0, 0.1) is 0 Å². The minimum absolute atomic E-state index is 0. The zero-order valence-corrected chi connectivity index (χ0v) is 50.2. The molecule has 4 N–H and O–H groups in total. The number of anilines is 1. The summed E-state index contributed by atoms with van der Waals surface area (Å²) in [5, 5.41) is 74.0. The number of aromatic hydroxyl groups is 4. The number of rotatable bonds is 16. The number of aryl methyl sites for hydroxylation is 2. The molecule has 0 aliphatic carbocycles. The third kappa shape index (κ3) is 14.9. The van der Waals surface area contributed by atoms with Crippen LogP contribution in [0.25, 0.3) is 0 Å². The molecule has 425 valence electrons. The van der Waals surface area contributed by atoms with Gasteiger partial charge in [-0.25, -0.2) is 9.36 Å². The van der Waals surface area contributed by atoms with E-state index in [1.165, 1.54) is 26.3 Å². The van der Waals surface area contributed by atoms with Gasteiger partial charge in [0.2, 0.25) is 23.2 Å². The molecule has 81 heavy (non-hydrogen) atoms. The van der Waals surface area contributed by atoms with Crippen molar-refractivity contribution in [1.82, 2.24) is 19.6 Å². The van der Waals surface area contributed by atoms with Gasteiger partial charge in [0, 0.05) is 67.4 Å². The summed E-state index contributed by atoms with van der Waals surface area (Å²) in [6.07, 6.45) is 4.95. The second kappa shape index (κ2) is 27.0. The minimum Gasteiger partial charge on any atom is -0.506 e. The van der Waals surface area contributed by atoms with E-state index in [4.69, 9.17) is 11.6 Å². The molecular formula is C64H75ClCoN11O4+. The monoisotopic (exact) mass is 1160 g/mol. The Balaban J connectivity index is 0.000000195. The molecule has 2 aromatic heterocycles. The minimum atomic E-state index is -0.0586. The number of benzene rings is 6. The Morgan fingerprint density at radius 1 is 0.605 bits per heavy atom. The van der Waals surface area contributed by atoms with Gasteiger partial charge in [-0.2, -0.15) is 19.9 Å². The molecule has 1 aliphatic rings. The van der Waals surface area contributed by atoms with Gasteiger partial charge < -0.3 is 20.4 Å². The molecule has 1 aliphatic heterocycles. The van der Waals surface area contributed by atoms with Gasteiger partial charge in [0.05, 0.1) is 22.5 Å². The maximum Gasteiger partial charge on any atom is 0.238 e. The summed E-state index contributed by atoms with van der Waals surface area (Å²) in [6, 6.07) is 46.8. The zero-order valence-electron chi connectivity index (χ0n) is 48.4. The van der Waals surface area contributed by atoms with Gasteiger partial charge in [0.25, 0.3) is 0 Å². The third-order valence-electron chi connectivity index (χ3n) is 15.0. The SMILES string of the molecule is CCC(C)(C)c1ccc(O)c(N=Nc2c(Cc3ccccc3)nn(C)c2O)c1.CCC(C)(C)c1ccc(O)c(N=Nc2c(Cc3ccccc3)nn(C)c2O)c1.CC[N+]1=C(/C=N/N(C)c2ccc(Cl)cc2)C(C)(C)c2ccccc21.[Co]. The smallest absolute Gasteiger partial charge is 0.238 e. The number of phenols is 2. The first-order valence-corrected chi connectivity index (χ1v) is 27.3. The first kappa shape index (κ1) is 62.3. The molecule has 15 nitrogen and oxygen atoms in total. The molecule has 3 heterocycles. The van der Waals surface area contributed by atoms with Crippen LogP contribution >= 0.6 is 11.6 Å². The van der Waals surface area contributed by atoms with Crippen molar-refractivity contribution < 1.29 is 41.8 Å². The molecule has 0 saturated carbocycles. The average Bonchev–Trinajstić information content (AvgIpc) is 4.02. The molecule has 1 radical (unpaired) electrons. The number of para-hydroxylation sites is 1. The molecule has 0 unspecified atom stereocenters. The average molecular weight is 1160 g/mol. The van der Waals surface area contributed by atoms with Crippen molar-refractivity contribution in [2.24, 2.45) is 39.7 Å². The molecule has 0 bridgehead atoms. The number of hydrogen-bond acceptors (Lipinski definition) is 12. The summed E-state index contributed by atoms with van der Waals surface area (Å²) >= 11 is 5.96. The number of aromatic nitrogens is 4. The molecular weight excluding hydrogens is 1080 g/mol. The molecule has 0 amide bonds. The Bertz CT molecular complexity index is 3370. The summed E-state index contributed by atoms with van der Waals surface area (Å²) in [7, 11) is 5.26. The van der Waals surface area contributed by atoms with Crippen molar-refractivity contribution in [3.05, 3.63) is 190 Å².